The highest BCUT2D eigenvalue weighted by Gasteiger charge is 2.12. The van der Waals surface area contributed by atoms with Crippen LogP contribution in [0.1, 0.15) is 19.7 Å². The molecule has 0 aliphatic carbocycles. The minimum Gasteiger partial charge on any atom is -0.439 e. The van der Waals surface area contributed by atoms with Gasteiger partial charge in [0.2, 0.25) is 11.8 Å². The van der Waals surface area contributed by atoms with Crippen molar-refractivity contribution in [2.24, 2.45) is 0 Å². The summed E-state index contributed by atoms with van der Waals surface area (Å²) in [6, 6.07) is 7.67. The minimum atomic E-state index is 0.0282. The summed E-state index contributed by atoms with van der Waals surface area (Å²) < 4.78 is 5.66. The Morgan fingerprint density at radius 1 is 1.37 bits per heavy atom. The number of nitrogens with one attached hydrogen (secondary N) is 1. The van der Waals surface area contributed by atoms with Gasteiger partial charge in [-0.05, 0) is 25.6 Å². The van der Waals surface area contributed by atoms with Gasteiger partial charge in [0.15, 0.2) is 5.58 Å². The fourth-order valence-electron chi connectivity index (χ4n) is 1.91. The van der Waals surface area contributed by atoms with Crippen LogP contribution in [-0.4, -0.2) is 35.4 Å². The molecule has 102 valence electrons. The number of rotatable bonds is 6. The summed E-state index contributed by atoms with van der Waals surface area (Å²) in [5.74, 6) is 0.674. The minimum absolute atomic E-state index is 0.0282. The van der Waals surface area contributed by atoms with Crippen molar-refractivity contribution in [3.63, 3.8) is 0 Å². The lowest BCUT2D eigenvalue weighted by atomic mass is 10.3. The molecule has 0 atom stereocenters. The van der Waals surface area contributed by atoms with E-state index in [1.54, 1.807) is 0 Å². The molecule has 5 heteroatoms. The van der Waals surface area contributed by atoms with Gasteiger partial charge in [0.25, 0.3) is 0 Å². The van der Waals surface area contributed by atoms with Crippen LogP contribution in [0.25, 0.3) is 11.1 Å². The van der Waals surface area contributed by atoms with Crippen LogP contribution in [0.4, 0.5) is 0 Å². The predicted octanol–water partition coefficient (Wildman–Crippen LogP) is 1.79. The molecule has 19 heavy (non-hydrogen) atoms. The number of oxazole rings is 1. The number of hydrogen-bond acceptors (Lipinski definition) is 4. The molecule has 5 nitrogen and oxygen atoms in total. The van der Waals surface area contributed by atoms with Gasteiger partial charge >= 0.3 is 0 Å². The number of amides is 1. The lowest BCUT2D eigenvalue weighted by Gasteiger charge is -2.17. The third-order valence-electron chi connectivity index (χ3n) is 2.89. The van der Waals surface area contributed by atoms with Gasteiger partial charge in [0.05, 0.1) is 13.1 Å². The van der Waals surface area contributed by atoms with E-state index < -0.39 is 0 Å². The summed E-state index contributed by atoms with van der Waals surface area (Å²) in [5, 5.41) is 2.79. The monoisotopic (exact) mass is 261 g/mol. The fraction of sp³-hybridized carbons (Fsp3) is 0.429. The van der Waals surface area contributed by atoms with Crippen molar-refractivity contribution in [1.29, 1.82) is 0 Å². The van der Waals surface area contributed by atoms with E-state index in [4.69, 9.17) is 4.42 Å². The quantitative estimate of drug-likeness (QED) is 0.861. The predicted molar refractivity (Wildman–Crippen MR) is 73.6 cm³/mol. The number of carbonyl (C=O) groups is 1. The van der Waals surface area contributed by atoms with Crippen molar-refractivity contribution in [3.8, 4) is 0 Å². The number of aromatic nitrogens is 1. The van der Waals surface area contributed by atoms with Crippen LogP contribution in [-0.2, 0) is 11.3 Å². The van der Waals surface area contributed by atoms with E-state index in [1.165, 1.54) is 0 Å². The maximum atomic E-state index is 11.6. The maximum Gasteiger partial charge on any atom is 0.234 e. The first-order valence-corrected chi connectivity index (χ1v) is 6.56. The van der Waals surface area contributed by atoms with Crippen LogP contribution < -0.4 is 5.32 Å². The zero-order valence-electron chi connectivity index (χ0n) is 11.3. The Morgan fingerprint density at radius 2 is 2.16 bits per heavy atom. The molecule has 1 aromatic heterocycles. The van der Waals surface area contributed by atoms with E-state index in [0.717, 1.165) is 17.6 Å². The van der Waals surface area contributed by atoms with E-state index in [-0.39, 0.29) is 5.91 Å². The third kappa shape index (κ3) is 3.54. The number of para-hydroxylation sites is 2. The van der Waals surface area contributed by atoms with Crippen LogP contribution in [0.3, 0.4) is 0 Å². The summed E-state index contributed by atoms with van der Waals surface area (Å²) in [4.78, 5) is 18.0. The molecular weight excluding hydrogens is 242 g/mol. The van der Waals surface area contributed by atoms with Gasteiger partial charge in [0.1, 0.15) is 5.52 Å². The Kier molecular flexibility index (Phi) is 4.52. The molecule has 0 aliphatic heterocycles. The first kappa shape index (κ1) is 13.5. The first-order valence-electron chi connectivity index (χ1n) is 6.56. The number of carbonyl (C=O) groups excluding carboxylic acids is 1. The number of likely N-dealkylation sites (N-methyl/N-ethyl adjacent to an activating group) is 2. The van der Waals surface area contributed by atoms with E-state index in [9.17, 15) is 4.79 Å². The molecule has 0 aliphatic rings. The lowest BCUT2D eigenvalue weighted by Crippen LogP contribution is -2.36. The zero-order valence-corrected chi connectivity index (χ0v) is 11.3. The Bertz CT molecular complexity index is 517. The second-order valence-electron chi connectivity index (χ2n) is 4.33. The third-order valence-corrected chi connectivity index (χ3v) is 2.89. The molecule has 1 amide bonds. The fourth-order valence-corrected chi connectivity index (χ4v) is 1.91. The van der Waals surface area contributed by atoms with Gasteiger partial charge in [0, 0.05) is 6.54 Å². The maximum absolute atomic E-state index is 11.6. The van der Waals surface area contributed by atoms with E-state index in [0.29, 0.717) is 25.5 Å². The molecule has 0 bridgehead atoms. The van der Waals surface area contributed by atoms with Crippen molar-refractivity contribution in [3.05, 3.63) is 30.2 Å². The number of nitrogens with zero attached hydrogens (tertiary/aromatic N) is 2. The topological polar surface area (TPSA) is 58.4 Å². The molecule has 0 fully saturated rings. The van der Waals surface area contributed by atoms with Gasteiger partial charge in [-0.1, -0.05) is 19.1 Å². The lowest BCUT2D eigenvalue weighted by molar-refractivity contribution is -0.122. The van der Waals surface area contributed by atoms with Crippen LogP contribution in [0.2, 0.25) is 0 Å². The Hall–Kier alpha value is -1.88. The van der Waals surface area contributed by atoms with Crippen molar-refractivity contribution < 1.29 is 9.21 Å². The standard InChI is InChI=1S/C14H19N3O2/c1-3-15-13(18)9-17(4-2)10-14-16-11-7-5-6-8-12(11)19-14/h5-8H,3-4,9-10H2,1-2H3,(H,15,18). The summed E-state index contributed by atoms with van der Waals surface area (Å²) >= 11 is 0. The van der Waals surface area contributed by atoms with Crippen molar-refractivity contribution >= 4 is 17.0 Å². The molecule has 1 aromatic carbocycles. The SMILES string of the molecule is CCNC(=O)CN(CC)Cc1nc2ccccc2o1. The molecule has 0 saturated heterocycles. The molecule has 2 rings (SSSR count). The largest absolute Gasteiger partial charge is 0.439 e. The van der Waals surface area contributed by atoms with Gasteiger partial charge in [-0.2, -0.15) is 0 Å². The zero-order chi connectivity index (χ0) is 13.7. The van der Waals surface area contributed by atoms with Gasteiger partial charge < -0.3 is 9.73 Å². The summed E-state index contributed by atoms with van der Waals surface area (Å²) in [7, 11) is 0. The Morgan fingerprint density at radius 3 is 2.84 bits per heavy atom. The van der Waals surface area contributed by atoms with Crippen LogP contribution in [0, 0.1) is 0 Å². The highest BCUT2D eigenvalue weighted by Crippen LogP contribution is 2.15. The molecule has 0 radical (unpaired) electrons. The second kappa shape index (κ2) is 6.33. The molecule has 0 spiro atoms. The molecule has 1 heterocycles. The molecule has 0 saturated carbocycles. The Labute approximate surface area is 112 Å². The molecular formula is C14H19N3O2. The van der Waals surface area contributed by atoms with Gasteiger partial charge in [-0.15, -0.1) is 0 Å². The summed E-state index contributed by atoms with van der Waals surface area (Å²) in [5.41, 5.74) is 1.64. The van der Waals surface area contributed by atoms with Crippen LogP contribution >= 0.6 is 0 Å². The summed E-state index contributed by atoms with van der Waals surface area (Å²) in [6.45, 7) is 6.26. The highest BCUT2D eigenvalue weighted by atomic mass is 16.3. The number of benzene rings is 1. The first-order chi connectivity index (χ1) is 9.22. The number of hydrogen-bond donors (Lipinski definition) is 1. The molecule has 2 aromatic rings. The second-order valence-corrected chi connectivity index (χ2v) is 4.33. The van der Waals surface area contributed by atoms with E-state index in [1.807, 2.05) is 43.0 Å². The van der Waals surface area contributed by atoms with Crippen molar-refractivity contribution in [2.75, 3.05) is 19.6 Å². The normalized spacial score (nSPS) is 11.1. The van der Waals surface area contributed by atoms with Crippen molar-refractivity contribution in [1.82, 2.24) is 15.2 Å². The van der Waals surface area contributed by atoms with E-state index >= 15 is 0 Å². The summed E-state index contributed by atoms with van der Waals surface area (Å²) in [6.07, 6.45) is 0. The van der Waals surface area contributed by atoms with Gasteiger partial charge in [-0.25, -0.2) is 4.98 Å². The molecule has 1 N–H and O–H groups in total. The average Bonchev–Trinajstić information content (AvgIpc) is 2.80. The van der Waals surface area contributed by atoms with Crippen molar-refractivity contribution in [2.45, 2.75) is 20.4 Å². The Balaban J connectivity index is 2.03. The van der Waals surface area contributed by atoms with Crippen LogP contribution in [0.5, 0.6) is 0 Å². The number of fused-ring (bicyclic) bond motifs is 1. The molecule has 0 unspecified atom stereocenters. The average molecular weight is 261 g/mol. The van der Waals surface area contributed by atoms with Crippen LogP contribution in [0.15, 0.2) is 28.7 Å². The van der Waals surface area contributed by atoms with E-state index in [2.05, 4.69) is 10.3 Å². The highest BCUT2D eigenvalue weighted by molar-refractivity contribution is 5.78. The van der Waals surface area contributed by atoms with Gasteiger partial charge in [-0.3, -0.25) is 9.69 Å². The smallest absolute Gasteiger partial charge is 0.234 e.